The molecule has 2 N–H and O–H groups in total. The van der Waals surface area contributed by atoms with Crippen LogP contribution in [0, 0.1) is 0 Å². The number of nitrogens with one attached hydrogen (secondary N) is 1. The average molecular weight is 368 g/mol. The maximum Gasteiger partial charge on any atom is 0.306 e. The molecule has 0 saturated carbocycles. The molecule has 0 bridgehead atoms. The van der Waals surface area contributed by atoms with Gasteiger partial charge in [0, 0.05) is 12.2 Å². The van der Waals surface area contributed by atoms with Gasteiger partial charge in [0.05, 0.1) is 25.6 Å². The maximum absolute atomic E-state index is 12.8. The number of anilines is 1. The van der Waals surface area contributed by atoms with Crippen molar-refractivity contribution < 1.29 is 19.4 Å². The van der Waals surface area contributed by atoms with Crippen molar-refractivity contribution >= 4 is 17.6 Å². The van der Waals surface area contributed by atoms with Gasteiger partial charge in [-0.05, 0) is 42.7 Å². The Hall–Kier alpha value is -3.02. The van der Waals surface area contributed by atoms with Gasteiger partial charge in [0.15, 0.2) is 0 Å². The molecular formula is C21H24N2O4. The fourth-order valence-electron chi connectivity index (χ4n) is 3.58. The number of rotatable bonds is 7. The van der Waals surface area contributed by atoms with Crippen LogP contribution in [0.25, 0.3) is 0 Å². The van der Waals surface area contributed by atoms with Gasteiger partial charge in [-0.2, -0.15) is 0 Å². The van der Waals surface area contributed by atoms with Crippen molar-refractivity contribution in [1.29, 1.82) is 0 Å². The average Bonchev–Trinajstić information content (AvgIpc) is 3.04. The second-order valence-electron chi connectivity index (χ2n) is 6.98. The van der Waals surface area contributed by atoms with E-state index in [4.69, 9.17) is 4.74 Å². The van der Waals surface area contributed by atoms with Gasteiger partial charge < -0.3 is 20.1 Å². The van der Waals surface area contributed by atoms with Crippen LogP contribution in [-0.2, 0) is 21.5 Å². The molecule has 1 amide bonds. The molecule has 1 aliphatic rings. The van der Waals surface area contributed by atoms with E-state index in [0.717, 1.165) is 18.7 Å². The smallest absolute Gasteiger partial charge is 0.306 e. The number of carboxylic acid groups (broad SMARTS) is 1. The number of nitrogens with zero attached hydrogens (tertiary/aromatic N) is 1. The highest BCUT2D eigenvalue weighted by Crippen LogP contribution is 2.29. The number of hydrogen-bond acceptors (Lipinski definition) is 4. The second-order valence-corrected chi connectivity index (χ2v) is 6.98. The zero-order valence-electron chi connectivity index (χ0n) is 15.6. The third-order valence-electron chi connectivity index (χ3n) is 4.94. The minimum absolute atomic E-state index is 0.191. The van der Waals surface area contributed by atoms with Gasteiger partial charge >= 0.3 is 5.97 Å². The molecule has 0 aliphatic carbocycles. The Morgan fingerprint density at radius 2 is 2.00 bits per heavy atom. The van der Waals surface area contributed by atoms with Crippen LogP contribution in [-0.4, -0.2) is 37.2 Å². The van der Waals surface area contributed by atoms with Crippen molar-refractivity contribution in [3.05, 3.63) is 59.7 Å². The highest BCUT2D eigenvalue weighted by atomic mass is 16.5. The number of carbonyl (C=O) groups excluding carboxylic acids is 1. The van der Waals surface area contributed by atoms with Gasteiger partial charge in [-0.1, -0.05) is 30.3 Å². The summed E-state index contributed by atoms with van der Waals surface area (Å²) in [6, 6.07) is 15.2. The molecule has 1 aliphatic heterocycles. The normalized spacial score (nSPS) is 15.0. The van der Waals surface area contributed by atoms with E-state index in [2.05, 4.69) is 11.4 Å². The number of para-hydroxylation sites is 1. The van der Waals surface area contributed by atoms with Gasteiger partial charge in [0.1, 0.15) is 5.75 Å². The lowest BCUT2D eigenvalue weighted by Gasteiger charge is -2.31. The Morgan fingerprint density at radius 1 is 1.22 bits per heavy atom. The third-order valence-corrected chi connectivity index (χ3v) is 4.94. The summed E-state index contributed by atoms with van der Waals surface area (Å²) in [5.41, 5.74) is 1.95. The maximum atomic E-state index is 12.8. The molecule has 1 heterocycles. The summed E-state index contributed by atoms with van der Waals surface area (Å²) in [4.78, 5) is 26.2. The van der Waals surface area contributed by atoms with Crippen molar-refractivity contribution in [1.82, 2.24) is 5.32 Å². The summed E-state index contributed by atoms with van der Waals surface area (Å²) in [6.45, 7) is 2.70. The molecule has 27 heavy (non-hydrogen) atoms. The van der Waals surface area contributed by atoms with Gasteiger partial charge in [-0.25, -0.2) is 0 Å². The number of amides is 1. The van der Waals surface area contributed by atoms with Crippen LogP contribution in [0.5, 0.6) is 5.75 Å². The SMILES string of the molecule is COc1cccc(C(C)(CC(=O)O)NC(=O)CN2CCc3ccccc32)c1. The topological polar surface area (TPSA) is 78.9 Å². The molecule has 1 atom stereocenters. The summed E-state index contributed by atoms with van der Waals surface area (Å²) in [5.74, 6) is -0.572. The zero-order chi connectivity index (χ0) is 19.4. The monoisotopic (exact) mass is 368 g/mol. The van der Waals surface area contributed by atoms with E-state index in [1.807, 2.05) is 23.1 Å². The van der Waals surface area contributed by atoms with E-state index in [9.17, 15) is 14.7 Å². The summed E-state index contributed by atoms with van der Waals surface area (Å²) < 4.78 is 5.24. The quantitative estimate of drug-likeness (QED) is 0.785. The molecule has 3 rings (SSSR count). The summed E-state index contributed by atoms with van der Waals surface area (Å²) >= 11 is 0. The van der Waals surface area contributed by atoms with Crippen molar-refractivity contribution in [2.75, 3.05) is 25.1 Å². The second kappa shape index (κ2) is 7.70. The number of methoxy groups -OCH3 is 1. The number of benzene rings is 2. The van der Waals surface area contributed by atoms with E-state index >= 15 is 0 Å². The molecule has 0 aromatic heterocycles. The van der Waals surface area contributed by atoms with Gasteiger partial charge in [0.2, 0.25) is 5.91 Å². The van der Waals surface area contributed by atoms with Gasteiger partial charge in [0.25, 0.3) is 0 Å². The summed E-state index contributed by atoms with van der Waals surface area (Å²) in [6.07, 6.45) is 0.689. The minimum Gasteiger partial charge on any atom is -0.497 e. The Kier molecular flexibility index (Phi) is 5.35. The summed E-state index contributed by atoms with van der Waals surface area (Å²) in [7, 11) is 1.55. The van der Waals surface area contributed by atoms with Crippen LogP contribution in [0.3, 0.4) is 0 Å². The standard InChI is InChI=1S/C21H24N2O4/c1-21(13-20(25)26,16-7-5-8-17(12-16)27-2)22-19(24)14-23-11-10-15-6-3-4-9-18(15)23/h3-9,12H,10-11,13-14H2,1-2H3,(H,22,24)(H,25,26). The predicted molar refractivity (Wildman–Crippen MR) is 103 cm³/mol. The Bertz CT molecular complexity index is 852. The van der Waals surface area contributed by atoms with Crippen LogP contribution >= 0.6 is 0 Å². The lowest BCUT2D eigenvalue weighted by molar-refractivity contribution is -0.139. The van der Waals surface area contributed by atoms with E-state index in [1.54, 1.807) is 38.3 Å². The van der Waals surface area contributed by atoms with Crippen molar-refractivity contribution in [2.24, 2.45) is 0 Å². The first-order chi connectivity index (χ1) is 12.9. The van der Waals surface area contributed by atoms with Crippen LogP contribution in [0.15, 0.2) is 48.5 Å². The molecule has 0 fully saturated rings. The lowest BCUT2D eigenvalue weighted by Crippen LogP contribution is -2.48. The van der Waals surface area contributed by atoms with Crippen molar-refractivity contribution in [2.45, 2.75) is 25.3 Å². The minimum atomic E-state index is -1.03. The van der Waals surface area contributed by atoms with Crippen LogP contribution in [0.1, 0.15) is 24.5 Å². The van der Waals surface area contributed by atoms with Crippen LogP contribution in [0.4, 0.5) is 5.69 Å². The molecule has 0 radical (unpaired) electrons. The van der Waals surface area contributed by atoms with E-state index in [1.165, 1.54) is 5.56 Å². The fourth-order valence-corrected chi connectivity index (χ4v) is 3.58. The number of ether oxygens (including phenoxy) is 1. The largest absolute Gasteiger partial charge is 0.497 e. The van der Waals surface area contributed by atoms with Gasteiger partial charge in [-0.15, -0.1) is 0 Å². The van der Waals surface area contributed by atoms with Crippen molar-refractivity contribution in [3.63, 3.8) is 0 Å². The molecular weight excluding hydrogens is 344 g/mol. The molecule has 2 aromatic carbocycles. The molecule has 142 valence electrons. The van der Waals surface area contributed by atoms with E-state index < -0.39 is 11.5 Å². The first-order valence-electron chi connectivity index (χ1n) is 8.91. The molecule has 6 nitrogen and oxygen atoms in total. The Balaban J connectivity index is 1.78. The highest BCUT2D eigenvalue weighted by Gasteiger charge is 2.33. The first-order valence-corrected chi connectivity index (χ1v) is 8.91. The molecule has 2 aromatic rings. The van der Waals surface area contributed by atoms with Crippen LogP contribution < -0.4 is 15.0 Å². The summed E-state index contributed by atoms with van der Waals surface area (Å²) in [5, 5.41) is 12.3. The van der Waals surface area contributed by atoms with Crippen LogP contribution in [0.2, 0.25) is 0 Å². The molecule has 0 spiro atoms. The van der Waals surface area contributed by atoms with Crippen molar-refractivity contribution in [3.8, 4) is 5.75 Å². The van der Waals surface area contributed by atoms with E-state index in [0.29, 0.717) is 11.3 Å². The molecule has 0 saturated heterocycles. The zero-order valence-corrected chi connectivity index (χ0v) is 15.6. The Labute approximate surface area is 158 Å². The first kappa shape index (κ1) is 18.8. The predicted octanol–water partition coefficient (Wildman–Crippen LogP) is 2.56. The highest BCUT2D eigenvalue weighted by molar-refractivity contribution is 5.84. The Morgan fingerprint density at radius 3 is 2.74 bits per heavy atom. The number of aliphatic carboxylic acids is 1. The third kappa shape index (κ3) is 4.22. The lowest BCUT2D eigenvalue weighted by atomic mass is 9.88. The number of fused-ring (bicyclic) bond motifs is 1. The fraction of sp³-hybridized carbons (Fsp3) is 0.333. The number of carboxylic acids is 1. The van der Waals surface area contributed by atoms with Gasteiger partial charge in [-0.3, -0.25) is 9.59 Å². The number of carbonyl (C=O) groups is 2. The molecule has 1 unspecified atom stereocenters. The molecule has 6 heteroatoms. The number of hydrogen-bond donors (Lipinski definition) is 2. The van der Waals surface area contributed by atoms with E-state index in [-0.39, 0.29) is 18.9 Å².